The Bertz CT molecular complexity index is 158. The van der Waals surface area contributed by atoms with Crippen molar-refractivity contribution in [3.8, 4) is 0 Å². The van der Waals surface area contributed by atoms with Gasteiger partial charge in [0.1, 0.15) is 0 Å². The van der Waals surface area contributed by atoms with Gasteiger partial charge in [-0.05, 0) is 12.2 Å². The summed E-state index contributed by atoms with van der Waals surface area (Å²) in [4.78, 5) is 0. The Labute approximate surface area is 62.9 Å². The lowest BCUT2D eigenvalue weighted by Gasteiger charge is -2.09. The molecule has 0 saturated heterocycles. The van der Waals surface area contributed by atoms with E-state index in [0.717, 1.165) is 0 Å². The number of nitrogens with two attached hydrogens (primary N) is 2. The number of halogens is 1. The van der Waals surface area contributed by atoms with Gasteiger partial charge in [-0.2, -0.15) is 0 Å². The molecule has 0 aromatic heterocycles. The molecule has 1 aliphatic heterocycles. The summed E-state index contributed by atoms with van der Waals surface area (Å²) >= 11 is 7.02. The molecule has 0 aliphatic carbocycles. The standard InChI is InChI=1S/C5H7ClN2S/c6-3-1-4(7)9-5(8)2-3/h1-3H,7-8H2. The normalized spacial score (nSPS) is 21.0. The Morgan fingerprint density at radius 2 is 1.78 bits per heavy atom. The van der Waals surface area contributed by atoms with Crippen LogP contribution in [0.25, 0.3) is 0 Å². The van der Waals surface area contributed by atoms with Crippen molar-refractivity contribution in [1.82, 2.24) is 0 Å². The summed E-state index contributed by atoms with van der Waals surface area (Å²) in [7, 11) is 0. The van der Waals surface area contributed by atoms with Crippen molar-refractivity contribution in [3.05, 3.63) is 22.2 Å². The van der Waals surface area contributed by atoms with Gasteiger partial charge in [0.05, 0.1) is 15.4 Å². The lowest BCUT2D eigenvalue weighted by molar-refractivity contribution is 1.30. The second-order valence-electron chi connectivity index (χ2n) is 1.68. The van der Waals surface area contributed by atoms with Crippen molar-refractivity contribution < 1.29 is 0 Å². The molecule has 2 nitrogen and oxygen atoms in total. The van der Waals surface area contributed by atoms with E-state index in [-0.39, 0.29) is 5.38 Å². The van der Waals surface area contributed by atoms with E-state index in [4.69, 9.17) is 23.1 Å². The van der Waals surface area contributed by atoms with E-state index in [1.807, 2.05) is 0 Å². The molecule has 0 radical (unpaired) electrons. The van der Waals surface area contributed by atoms with Gasteiger partial charge in [-0.1, -0.05) is 11.8 Å². The lowest BCUT2D eigenvalue weighted by atomic mass is 10.4. The van der Waals surface area contributed by atoms with Gasteiger partial charge in [0.15, 0.2) is 0 Å². The average Bonchev–Trinajstić information content (AvgIpc) is 1.59. The van der Waals surface area contributed by atoms with Gasteiger partial charge in [-0.25, -0.2) is 0 Å². The zero-order chi connectivity index (χ0) is 6.85. The van der Waals surface area contributed by atoms with Crippen molar-refractivity contribution in [3.63, 3.8) is 0 Å². The molecule has 0 unspecified atom stereocenters. The van der Waals surface area contributed by atoms with Crippen LogP contribution in [0.1, 0.15) is 0 Å². The molecule has 1 aliphatic rings. The smallest absolute Gasteiger partial charge is 0.0752 e. The molecule has 0 bridgehead atoms. The molecule has 1 heterocycles. The van der Waals surface area contributed by atoms with Crippen LogP contribution >= 0.6 is 23.4 Å². The highest BCUT2D eigenvalue weighted by Gasteiger charge is 2.07. The first kappa shape index (κ1) is 6.83. The van der Waals surface area contributed by atoms with Gasteiger partial charge in [0.2, 0.25) is 0 Å². The number of hydrogen-bond acceptors (Lipinski definition) is 3. The first-order valence-corrected chi connectivity index (χ1v) is 3.70. The van der Waals surface area contributed by atoms with Crippen molar-refractivity contribution in [1.29, 1.82) is 0 Å². The minimum absolute atomic E-state index is 0.133. The number of allylic oxidation sites excluding steroid dienone is 2. The van der Waals surface area contributed by atoms with Crippen LogP contribution in [0.5, 0.6) is 0 Å². The Hall–Kier alpha value is -0.280. The van der Waals surface area contributed by atoms with Crippen molar-refractivity contribution >= 4 is 23.4 Å². The number of rotatable bonds is 0. The highest BCUT2D eigenvalue weighted by atomic mass is 35.5. The van der Waals surface area contributed by atoms with Crippen molar-refractivity contribution in [2.45, 2.75) is 5.38 Å². The molecule has 1 rings (SSSR count). The van der Waals surface area contributed by atoms with Crippen molar-refractivity contribution in [2.75, 3.05) is 0 Å². The third-order valence-electron chi connectivity index (χ3n) is 0.883. The van der Waals surface area contributed by atoms with E-state index < -0.39 is 0 Å². The molecule has 0 fully saturated rings. The summed E-state index contributed by atoms with van der Waals surface area (Å²) in [5.74, 6) is 0. The molecule has 0 aromatic carbocycles. The molecular weight excluding hydrogens is 156 g/mol. The molecule has 4 heteroatoms. The SMILES string of the molecule is NC1=CC(Cl)C=C(N)S1. The van der Waals surface area contributed by atoms with Crippen LogP contribution in [0, 0.1) is 0 Å². The third kappa shape index (κ3) is 1.84. The van der Waals surface area contributed by atoms with E-state index in [2.05, 4.69) is 0 Å². The Kier molecular flexibility index (Phi) is 1.93. The van der Waals surface area contributed by atoms with E-state index >= 15 is 0 Å². The second-order valence-corrected chi connectivity index (χ2v) is 3.34. The highest BCUT2D eigenvalue weighted by molar-refractivity contribution is 8.06. The van der Waals surface area contributed by atoms with Crippen LogP contribution in [0.4, 0.5) is 0 Å². The molecular formula is C5H7ClN2S. The third-order valence-corrected chi connectivity index (χ3v) is 1.88. The quantitative estimate of drug-likeness (QED) is 0.522. The van der Waals surface area contributed by atoms with E-state index in [1.165, 1.54) is 11.8 Å². The molecule has 0 spiro atoms. The van der Waals surface area contributed by atoms with E-state index in [0.29, 0.717) is 10.1 Å². The summed E-state index contributed by atoms with van der Waals surface area (Å²) in [5, 5.41) is 1.22. The van der Waals surface area contributed by atoms with Crippen LogP contribution in [0.2, 0.25) is 0 Å². The fourth-order valence-corrected chi connectivity index (χ4v) is 1.69. The summed E-state index contributed by atoms with van der Waals surface area (Å²) in [6.45, 7) is 0. The summed E-state index contributed by atoms with van der Waals surface area (Å²) < 4.78 is 0. The largest absolute Gasteiger partial charge is 0.393 e. The van der Waals surface area contributed by atoms with E-state index in [1.54, 1.807) is 12.2 Å². The minimum Gasteiger partial charge on any atom is -0.393 e. The lowest BCUT2D eigenvalue weighted by Crippen LogP contribution is -2.07. The van der Waals surface area contributed by atoms with Gasteiger partial charge in [-0.15, -0.1) is 11.6 Å². The molecule has 4 N–H and O–H groups in total. The fraction of sp³-hybridized carbons (Fsp3) is 0.200. The summed E-state index contributed by atoms with van der Waals surface area (Å²) in [6, 6.07) is 0. The maximum Gasteiger partial charge on any atom is 0.0752 e. The van der Waals surface area contributed by atoms with Crippen LogP contribution < -0.4 is 11.5 Å². The van der Waals surface area contributed by atoms with Crippen LogP contribution in [0.3, 0.4) is 0 Å². The minimum atomic E-state index is -0.133. The molecule has 0 atom stereocenters. The fourth-order valence-electron chi connectivity index (χ4n) is 0.566. The van der Waals surface area contributed by atoms with Crippen LogP contribution in [-0.2, 0) is 0 Å². The zero-order valence-corrected chi connectivity index (χ0v) is 6.25. The van der Waals surface area contributed by atoms with E-state index in [9.17, 15) is 0 Å². The Morgan fingerprint density at radius 1 is 1.33 bits per heavy atom. The highest BCUT2D eigenvalue weighted by Crippen LogP contribution is 2.24. The predicted molar refractivity (Wildman–Crippen MR) is 41.8 cm³/mol. The van der Waals surface area contributed by atoms with Crippen LogP contribution in [-0.4, -0.2) is 5.38 Å². The molecule has 0 aromatic rings. The van der Waals surface area contributed by atoms with Gasteiger partial charge in [0, 0.05) is 0 Å². The van der Waals surface area contributed by atoms with Gasteiger partial charge >= 0.3 is 0 Å². The molecule has 9 heavy (non-hydrogen) atoms. The summed E-state index contributed by atoms with van der Waals surface area (Å²) in [5.41, 5.74) is 10.9. The number of alkyl halides is 1. The van der Waals surface area contributed by atoms with Gasteiger partial charge in [-0.3, -0.25) is 0 Å². The average molecular weight is 163 g/mol. The Balaban J connectivity index is 2.69. The summed E-state index contributed by atoms with van der Waals surface area (Å²) in [6.07, 6.45) is 3.51. The van der Waals surface area contributed by atoms with Crippen LogP contribution in [0.15, 0.2) is 22.2 Å². The topological polar surface area (TPSA) is 52.0 Å². The maximum absolute atomic E-state index is 5.68. The first-order chi connectivity index (χ1) is 4.18. The number of thioether (sulfide) groups is 1. The zero-order valence-electron chi connectivity index (χ0n) is 4.67. The second kappa shape index (κ2) is 2.54. The number of hydrogen-bond donors (Lipinski definition) is 2. The Morgan fingerprint density at radius 3 is 2.11 bits per heavy atom. The monoisotopic (exact) mass is 162 g/mol. The molecule has 0 amide bonds. The first-order valence-electron chi connectivity index (χ1n) is 2.45. The molecule has 0 saturated carbocycles. The van der Waals surface area contributed by atoms with Crippen molar-refractivity contribution in [2.24, 2.45) is 11.5 Å². The maximum atomic E-state index is 5.68. The van der Waals surface area contributed by atoms with Gasteiger partial charge in [0.25, 0.3) is 0 Å². The molecule has 50 valence electrons. The van der Waals surface area contributed by atoms with Gasteiger partial charge < -0.3 is 11.5 Å². The predicted octanol–water partition coefficient (Wildman–Crippen LogP) is 0.941.